The van der Waals surface area contributed by atoms with E-state index in [0.29, 0.717) is 6.04 Å². The van der Waals surface area contributed by atoms with Crippen LogP contribution in [0.1, 0.15) is 39.5 Å². The largest absolute Gasteiger partial charge is 0.474 e. The first-order valence-electron chi connectivity index (χ1n) is 5.53. The predicted octanol–water partition coefficient (Wildman–Crippen LogP) is 2.08. The molecule has 0 saturated carbocycles. The first kappa shape index (κ1) is 11.4. The number of unbranched alkanes of at least 4 members (excludes halogenated alkanes) is 1. The second-order valence-corrected chi connectivity index (χ2v) is 3.71. The van der Waals surface area contributed by atoms with Gasteiger partial charge in [-0.2, -0.15) is 0 Å². The third-order valence-electron chi connectivity index (χ3n) is 2.74. The van der Waals surface area contributed by atoms with Gasteiger partial charge in [-0.1, -0.05) is 26.7 Å². The van der Waals surface area contributed by atoms with Crippen LogP contribution in [-0.4, -0.2) is 28.9 Å². The Morgan fingerprint density at radius 3 is 2.86 bits per heavy atom. The number of ether oxygens (including phenoxy) is 1. The van der Waals surface area contributed by atoms with Crippen LogP contribution in [0.15, 0.2) is 12.5 Å². The molecule has 1 heterocycles. The third kappa shape index (κ3) is 2.64. The van der Waals surface area contributed by atoms with Crippen molar-refractivity contribution in [3.63, 3.8) is 0 Å². The average molecular weight is 199 g/mol. The van der Waals surface area contributed by atoms with E-state index in [1.165, 1.54) is 19.3 Å². The van der Waals surface area contributed by atoms with Gasteiger partial charge >= 0.3 is 0 Å². The van der Waals surface area contributed by atoms with Gasteiger partial charge in [-0.05, 0) is 12.8 Å². The Kier molecular flexibility index (Phi) is 4.80. The molecule has 0 saturated heterocycles. The molecule has 1 aliphatic rings. The van der Waals surface area contributed by atoms with E-state index in [4.69, 9.17) is 9.84 Å². The lowest BCUT2D eigenvalue weighted by Gasteiger charge is -2.30. The molecule has 0 bridgehead atoms. The number of hydrogen-bond donors (Lipinski definition) is 1. The molecule has 0 aliphatic carbocycles. The Morgan fingerprint density at radius 2 is 2.29 bits per heavy atom. The second-order valence-electron chi connectivity index (χ2n) is 3.71. The topological polar surface area (TPSA) is 32.7 Å². The SMILES string of the molecule is CCCCC(CC)N1C=COC1CO. The normalized spacial score (nSPS) is 22.5. The Morgan fingerprint density at radius 1 is 1.50 bits per heavy atom. The first-order chi connectivity index (χ1) is 6.83. The van der Waals surface area contributed by atoms with E-state index in [0.717, 1.165) is 6.42 Å². The van der Waals surface area contributed by atoms with E-state index >= 15 is 0 Å². The Balaban J connectivity index is 2.45. The highest BCUT2D eigenvalue weighted by atomic mass is 16.5. The average Bonchev–Trinajstić information content (AvgIpc) is 2.67. The lowest BCUT2D eigenvalue weighted by atomic mass is 10.1. The van der Waals surface area contributed by atoms with Crippen molar-refractivity contribution in [1.82, 2.24) is 4.90 Å². The van der Waals surface area contributed by atoms with Crippen LogP contribution < -0.4 is 0 Å². The van der Waals surface area contributed by atoms with Crippen molar-refractivity contribution in [2.45, 2.75) is 51.8 Å². The summed E-state index contributed by atoms with van der Waals surface area (Å²) in [5.74, 6) is 0. The van der Waals surface area contributed by atoms with Gasteiger partial charge in [-0.15, -0.1) is 0 Å². The second kappa shape index (κ2) is 5.91. The summed E-state index contributed by atoms with van der Waals surface area (Å²) in [6, 6.07) is 0.505. The fourth-order valence-electron chi connectivity index (χ4n) is 1.86. The van der Waals surface area contributed by atoms with Gasteiger partial charge < -0.3 is 14.7 Å². The highest BCUT2D eigenvalue weighted by Crippen LogP contribution is 2.20. The Labute approximate surface area is 86.4 Å². The monoisotopic (exact) mass is 199 g/mol. The van der Waals surface area contributed by atoms with Crippen LogP contribution in [-0.2, 0) is 4.74 Å². The van der Waals surface area contributed by atoms with Gasteiger partial charge in [0.25, 0.3) is 0 Å². The molecule has 0 fully saturated rings. The van der Waals surface area contributed by atoms with Gasteiger partial charge in [0.05, 0.1) is 6.61 Å². The molecule has 1 N–H and O–H groups in total. The molecular weight excluding hydrogens is 178 g/mol. The van der Waals surface area contributed by atoms with Gasteiger partial charge in [-0.3, -0.25) is 0 Å². The minimum Gasteiger partial charge on any atom is -0.474 e. The summed E-state index contributed by atoms with van der Waals surface area (Å²) in [6.45, 7) is 4.45. The van der Waals surface area contributed by atoms with Crippen molar-refractivity contribution in [1.29, 1.82) is 0 Å². The smallest absolute Gasteiger partial charge is 0.194 e. The minimum absolute atomic E-state index is 0.0651. The van der Waals surface area contributed by atoms with Crippen molar-refractivity contribution < 1.29 is 9.84 Å². The molecule has 0 aromatic carbocycles. The van der Waals surface area contributed by atoms with Crippen molar-refractivity contribution in [2.75, 3.05) is 6.61 Å². The number of aliphatic hydroxyl groups excluding tert-OH is 1. The zero-order valence-electron chi connectivity index (χ0n) is 9.15. The predicted molar refractivity (Wildman–Crippen MR) is 56.5 cm³/mol. The Hall–Kier alpha value is -0.700. The van der Waals surface area contributed by atoms with Crippen molar-refractivity contribution in [3.8, 4) is 0 Å². The van der Waals surface area contributed by atoms with Gasteiger partial charge in [0, 0.05) is 12.2 Å². The van der Waals surface area contributed by atoms with Gasteiger partial charge in [0.1, 0.15) is 6.26 Å². The van der Waals surface area contributed by atoms with E-state index in [2.05, 4.69) is 18.7 Å². The van der Waals surface area contributed by atoms with Crippen molar-refractivity contribution >= 4 is 0 Å². The highest BCUT2D eigenvalue weighted by Gasteiger charge is 2.25. The van der Waals surface area contributed by atoms with Crippen molar-refractivity contribution in [2.24, 2.45) is 0 Å². The number of aliphatic hydroxyl groups is 1. The molecule has 1 aliphatic heterocycles. The summed E-state index contributed by atoms with van der Waals surface area (Å²) < 4.78 is 5.27. The van der Waals surface area contributed by atoms with Crippen LogP contribution in [0.4, 0.5) is 0 Å². The van der Waals surface area contributed by atoms with Crippen LogP contribution in [0.25, 0.3) is 0 Å². The van der Waals surface area contributed by atoms with E-state index in [9.17, 15) is 0 Å². The van der Waals surface area contributed by atoms with Crippen LogP contribution in [0, 0.1) is 0 Å². The van der Waals surface area contributed by atoms with E-state index in [1.54, 1.807) is 6.26 Å². The quantitative estimate of drug-likeness (QED) is 0.711. The molecule has 3 nitrogen and oxygen atoms in total. The molecule has 2 unspecified atom stereocenters. The molecule has 14 heavy (non-hydrogen) atoms. The zero-order chi connectivity index (χ0) is 10.4. The molecule has 3 heteroatoms. The molecular formula is C11H21NO2. The van der Waals surface area contributed by atoms with Crippen LogP contribution in [0.5, 0.6) is 0 Å². The van der Waals surface area contributed by atoms with E-state index in [1.807, 2.05) is 6.20 Å². The molecule has 2 atom stereocenters. The molecule has 0 aromatic heterocycles. The van der Waals surface area contributed by atoms with Crippen LogP contribution in [0.3, 0.4) is 0 Å². The highest BCUT2D eigenvalue weighted by molar-refractivity contribution is 4.90. The molecule has 0 amide bonds. The minimum atomic E-state index is -0.156. The number of rotatable bonds is 6. The van der Waals surface area contributed by atoms with Gasteiger partial charge in [0.15, 0.2) is 6.23 Å². The maximum atomic E-state index is 9.10. The number of hydrogen-bond acceptors (Lipinski definition) is 3. The standard InChI is InChI=1S/C11H21NO2/c1-3-5-6-10(4-2)12-7-8-14-11(12)9-13/h7-8,10-11,13H,3-6,9H2,1-2H3. The van der Waals surface area contributed by atoms with Crippen LogP contribution in [0.2, 0.25) is 0 Å². The van der Waals surface area contributed by atoms with Gasteiger partial charge in [-0.25, -0.2) is 0 Å². The molecule has 0 spiro atoms. The van der Waals surface area contributed by atoms with Crippen LogP contribution >= 0.6 is 0 Å². The summed E-state index contributed by atoms with van der Waals surface area (Å²) in [7, 11) is 0. The summed E-state index contributed by atoms with van der Waals surface area (Å²) in [4.78, 5) is 2.13. The maximum absolute atomic E-state index is 9.10. The summed E-state index contributed by atoms with van der Waals surface area (Å²) in [5.41, 5.74) is 0. The fourth-order valence-corrected chi connectivity index (χ4v) is 1.86. The summed E-state index contributed by atoms with van der Waals surface area (Å²) >= 11 is 0. The van der Waals surface area contributed by atoms with E-state index in [-0.39, 0.29) is 12.8 Å². The third-order valence-corrected chi connectivity index (χ3v) is 2.74. The number of nitrogens with zero attached hydrogens (tertiary/aromatic N) is 1. The molecule has 0 aromatic rings. The summed E-state index contributed by atoms with van der Waals surface area (Å²) in [5, 5.41) is 9.10. The zero-order valence-corrected chi connectivity index (χ0v) is 9.15. The lowest BCUT2D eigenvalue weighted by molar-refractivity contribution is -0.0132. The van der Waals surface area contributed by atoms with Gasteiger partial charge in [0.2, 0.25) is 0 Å². The molecule has 0 radical (unpaired) electrons. The first-order valence-corrected chi connectivity index (χ1v) is 5.53. The lowest BCUT2D eigenvalue weighted by Crippen LogP contribution is -2.39. The molecule has 82 valence electrons. The summed E-state index contributed by atoms with van der Waals surface area (Å²) in [6.07, 6.45) is 8.21. The maximum Gasteiger partial charge on any atom is 0.194 e. The Bertz CT molecular complexity index is 182. The van der Waals surface area contributed by atoms with E-state index < -0.39 is 0 Å². The fraction of sp³-hybridized carbons (Fsp3) is 0.818. The van der Waals surface area contributed by atoms with Crippen molar-refractivity contribution in [3.05, 3.63) is 12.5 Å². The molecule has 1 rings (SSSR count).